The van der Waals surface area contributed by atoms with E-state index in [0.717, 1.165) is 23.4 Å². The smallest absolute Gasteiger partial charge is 0.227 e. The van der Waals surface area contributed by atoms with Crippen molar-refractivity contribution < 1.29 is 13.2 Å². The topological polar surface area (TPSA) is 88.2 Å². The van der Waals surface area contributed by atoms with Crippen LogP contribution >= 0.6 is 0 Å². The number of nitrogens with one attached hydrogen (secondary N) is 2. The standard InChI is InChI=1S/C21H29N3O3S/c1-6-15(2)20(25)24-17-9-7-8-16(12-17)13-22-18-10-11-19(23-14-18)28(26,27)21(3,4)5/h7-12,14-15,22H,6,13H2,1-5H3,(H,24,25). The molecule has 6 nitrogen and oxygen atoms in total. The Balaban J connectivity index is 2.03. The molecule has 1 aromatic heterocycles. The molecule has 0 bridgehead atoms. The van der Waals surface area contributed by atoms with Crippen LogP contribution < -0.4 is 10.6 Å². The molecule has 152 valence electrons. The van der Waals surface area contributed by atoms with E-state index in [-0.39, 0.29) is 16.9 Å². The van der Waals surface area contributed by atoms with Crippen LogP contribution in [0.15, 0.2) is 47.6 Å². The fraction of sp³-hybridized carbons (Fsp3) is 0.429. The number of carbonyl (C=O) groups excluding carboxylic acids is 1. The zero-order valence-electron chi connectivity index (χ0n) is 17.1. The van der Waals surface area contributed by atoms with Crippen molar-refractivity contribution in [2.45, 2.75) is 57.4 Å². The highest BCUT2D eigenvalue weighted by Gasteiger charge is 2.31. The Bertz CT molecular complexity index is 917. The summed E-state index contributed by atoms with van der Waals surface area (Å²) < 4.78 is 24.0. The Morgan fingerprint density at radius 3 is 2.43 bits per heavy atom. The minimum absolute atomic E-state index is 0.00690. The molecule has 28 heavy (non-hydrogen) atoms. The first kappa shape index (κ1) is 21.9. The molecule has 0 aliphatic carbocycles. The predicted molar refractivity (Wildman–Crippen MR) is 113 cm³/mol. The van der Waals surface area contributed by atoms with Gasteiger partial charge in [-0.05, 0) is 57.0 Å². The average molecular weight is 404 g/mol. The van der Waals surface area contributed by atoms with E-state index in [0.29, 0.717) is 6.54 Å². The molecular formula is C21H29N3O3S. The molecule has 7 heteroatoms. The molecule has 1 atom stereocenters. The molecule has 2 N–H and O–H groups in total. The van der Waals surface area contributed by atoms with Gasteiger partial charge < -0.3 is 10.6 Å². The summed E-state index contributed by atoms with van der Waals surface area (Å²) in [6, 6.07) is 10.8. The Morgan fingerprint density at radius 2 is 1.86 bits per heavy atom. The molecule has 1 aromatic carbocycles. The highest BCUT2D eigenvalue weighted by atomic mass is 32.2. The van der Waals surface area contributed by atoms with Crippen molar-refractivity contribution in [3.8, 4) is 0 Å². The lowest BCUT2D eigenvalue weighted by Crippen LogP contribution is -2.28. The number of hydrogen-bond donors (Lipinski definition) is 2. The lowest BCUT2D eigenvalue weighted by molar-refractivity contribution is -0.119. The van der Waals surface area contributed by atoms with Crippen LogP contribution in [-0.4, -0.2) is 24.1 Å². The van der Waals surface area contributed by atoms with Crippen LogP contribution in [0.1, 0.15) is 46.6 Å². The zero-order valence-corrected chi connectivity index (χ0v) is 17.9. The third-order valence-corrected chi connectivity index (χ3v) is 6.97. The van der Waals surface area contributed by atoms with E-state index in [4.69, 9.17) is 0 Å². The maximum atomic E-state index is 12.4. The van der Waals surface area contributed by atoms with E-state index < -0.39 is 14.6 Å². The molecule has 1 heterocycles. The second-order valence-electron chi connectivity index (χ2n) is 7.85. The first-order valence-corrected chi connectivity index (χ1v) is 10.9. The van der Waals surface area contributed by atoms with Gasteiger partial charge in [-0.1, -0.05) is 26.0 Å². The molecule has 0 aliphatic heterocycles. The van der Waals surface area contributed by atoms with Crippen molar-refractivity contribution in [2.75, 3.05) is 10.6 Å². The van der Waals surface area contributed by atoms with E-state index in [1.165, 1.54) is 12.3 Å². The fourth-order valence-corrected chi connectivity index (χ4v) is 3.44. The number of rotatable bonds is 7. The summed E-state index contributed by atoms with van der Waals surface area (Å²) in [5, 5.41) is 6.22. The molecule has 0 spiro atoms. The normalized spacial score (nSPS) is 13.0. The molecule has 2 aromatic rings. The molecule has 0 aliphatic rings. The Kier molecular flexibility index (Phi) is 6.82. The summed E-state index contributed by atoms with van der Waals surface area (Å²) in [6.45, 7) is 9.38. The van der Waals surface area contributed by atoms with Gasteiger partial charge in [0.1, 0.15) is 0 Å². The van der Waals surface area contributed by atoms with Gasteiger partial charge >= 0.3 is 0 Å². The van der Waals surface area contributed by atoms with Crippen molar-refractivity contribution in [1.29, 1.82) is 0 Å². The number of benzene rings is 1. The van der Waals surface area contributed by atoms with Crippen LogP contribution in [0, 0.1) is 5.92 Å². The molecule has 2 rings (SSSR count). The quantitative estimate of drug-likeness (QED) is 0.721. The number of aromatic nitrogens is 1. The van der Waals surface area contributed by atoms with E-state index >= 15 is 0 Å². The molecule has 0 saturated carbocycles. The van der Waals surface area contributed by atoms with Crippen LogP contribution in [0.4, 0.5) is 11.4 Å². The highest BCUT2D eigenvalue weighted by Crippen LogP contribution is 2.24. The number of anilines is 2. The average Bonchev–Trinajstić information content (AvgIpc) is 2.65. The molecule has 0 fully saturated rings. The lowest BCUT2D eigenvalue weighted by atomic mass is 10.1. The summed E-state index contributed by atoms with van der Waals surface area (Å²) in [4.78, 5) is 16.1. The Hall–Kier alpha value is -2.41. The zero-order chi connectivity index (χ0) is 20.9. The van der Waals surface area contributed by atoms with Gasteiger partial charge in [-0.3, -0.25) is 4.79 Å². The highest BCUT2D eigenvalue weighted by molar-refractivity contribution is 7.92. The number of amides is 1. The van der Waals surface area contributed by atoms with Crippen LogP contribution in [-0.2, 0) is 21.2 Å². The van der Waals surface area contributed by atoms with Gasteiger partial charge in [0.2, 0.25) is 5.91 Å². The second kappa shape index (κ2) is 8.73. The van der Waals surface area contributed by atoms with Gasteiger partial charge in [0.05, 0.1) is 16.6 Å². The first-order chi connectivity index (χ1) is 13.0. The van der Waals surface area contributed by atoms with Crippen molar-refractivity contribution in [1.82, 2.24) is 4.98 Å². The van der Waals surface area contributed by atoms with E-state index in [1.807, 2.05) is 38.1 Å². The van der Waals surface area contributed by atoms with Crippen molar-refractivity contribution in [3.05, 3.63) is 48.2 Å². The van der Waals surface area contributed by atoms with Crippen LogP contribution in [0.3, 0.4) is 0 Å². The maximum absolute atomic E-state index is 12.4. The van der Waals surface area contributed by atoms with Gasteiger partial charge in [0.25, 0.3) is 0 Å². The monoisotopic (exact) mass is 403 g/mol. The second-order valence-corrected chi connectivity index (χ2v) is 10.5. The predicted octanol–water partition coefficient (Wildman–Crippen LogP) is 4.25. The summed E-state index contributed by atoms with van der Waals surface area (Å²) in [5.41, 5.74) is 2.48. The third kappa shape index (κ3) is 5.32. The third-order valence-electron chi connectivity index (χ3n) is 4.57. The molecule has 0 saturated heterocycles. The Morgan fingerprint density at radius 1 is 1.14 bits per heavy atom. The fourth-order valence-electron chi connectivity index (χ4n) is 2.37. The largest absolute Gasteiger partial charge is 0.380 e. The molecule has 1 unspecified atom stereocenters. The van der Waals surface area contributed by atoms with Crippen LogP contribution in [0.5, 0.6) is 0 Å². The molecular weight excluding hydrogens is 374 g/mol. The van der Waals surface area contributed by atoms with Crippen LogP contribution in [0.25, 0.3) is 0 Å². The van der Waals surface area contributed by atoms with E-state index in [9.17, 15) is 13.2 Å². The molecule has 1 amide bonds. The van der Waals surface area contributed by atoms with Crippen molar-refractivity contribution in [3.63, 3.8) is 0 Å². The van der Waals surface area contributed by atoms with Crippen molar-refractivity contribution in [2.24, 2.45) is 5.92 Å². The number of nitrogens with zero attached hydrogens (tertiary/aromatic N) is 1. The van der Waals surface area contributed by atoms with Gasteiger partial charge in [-0.25, -0.2) is 13.4 Å². The minimum Gasteiger partial charge on any atom is -0.380 e. The number of hydrogen-bond acceptors (Lipinski definition) is 5. The summed E-state index contributed by atoms with van der Waals surface area (Å²) in [6.07, 6.45) is 2.31. The molecule has 0 radical (unpaired) electrons. The number of pyridine rings is 1. The number of sulfone groups is 1. The van der Waals surface area contributed by atoms with E-state index in [2.05, 4.69) is 15.6 Å². The lowest BCUT2D eigenvalue weighted by Gasteiger charge is -2.18. The summed E-state index contributed by atoms with van der Waals surface area (Å²) in [7, 11) is -3.47. The van der Waals surface area contributed by atoms with Gasteiger partial charge in [-0.2, -0.15) is 0 Å². The minimum atomic E-state index is -3.47. The first-order valence-electron chi connectivity index (χ1n) is 9.39. The van der Waals surface area contributed by atoms with Crippen molar-refractivity contribution >= 4 is 27.1 Å². The van der Waals surface area contributed by atoms with Gasteiger partial charge in [-0.15, -0.1) is 0 Å². The summed E-state index contributed by atoms with van der Waals surface area (Å²) in [5.74, 6) is -0.0248. The van der Waals surface area contributed by atoms with Crippen LogP contribution in [0.2, 0.25) is 0 Å². The maximum Gasteiger partial charge on any atom is 0.227 e. The summed E-state index contributed by atoms with van der Waals surface area (Å²) >= 11 is 0. The SMILES string of the molecule is CCC(C)C(=O)Nc1cccc(CNc2ccc(S(=O)(=O)C(C)(C)C)nc2)c1. The van der Waals surface area contributed by atoms with Gasteiger partial charge in [0.15, 0.2) is 14.9 Å². The van der Waals surface area contributed by atoms with E-state index in [1.54, 1.807) is 26.8 Å². The van der Waals surface area contributed by atoms with Gasteiger partial charge in [0, 0.05) is 18.2 Å². The number of carbonyl (C=O) groups is 1. The Labute approximate surface area is 167 Å².